The van der Waals surface area contributed by atoms with Gasteiger partial charge < -0.3 is 10.1 Å². The standard InChI is InChI=1S/C18H17ClFN7O3/c1-9(12-5-4-6-21-16(12)19)30-18(29)24-17-15(25-26-27(17)3)14-13(20)7-11(8-22-14)23-10(2)28/h4-9H,1-3H3,(H,23,28)(H,24,29)/t9-/m1/s1. The molecule has 0 aliphatic carbocycles. The van der Waals surface area contributed by atoms with Gasteiger partial charge in [0.05, 0.1) is 11.9 Å². The largest absolute Gasteiger partial charge is 0.441 e. The Labute approximate surface area is 175 Å². The quantitative estimate of drug-likeness (QED) is 0.591. The molecule has 3 aromatic heterocycles. The number of amides is 2. The Balaban J connectivity index is 1.80. The van der Waals surface area contributed by atoms with Crippen molar-refractivity contribution in [1.29, 1.82) is 0 Å². The van der Waals surface area contributed by atoms with Gasteiger partial charge in [0.25, 0.3) is 0 Å². The average molecular weight is 434 g/mol. The Bertz CT molecular complexity index is 1110. The minimum Gasteiger partial charge on any atom is -0.441 e. The maximum Gasteiger partial charge on any atom is 0.413 e. The molecular formula is C18H17ClFN7O3. The molecule has 0 aliphatic heterocycles. The first-order valence-corrected chi connectivity index (χ1v) is 9.05. The Morgan fingerprint density at radius 3 is 2.70 bits per heavy atom. The van der Waals surface area contributed by atoms with Gasteiger partial charge in [-0.05, 0) is 13.0 Å². The molecule has 10 nitrogen and oxygen atoms in total. The fraction of sp³-hybridized carbons (Fsp3) is 0.222. The first-order valence-electron chi connectivity index (χ1n) is 8.67. The average Bonchev–Trinajstić information content (AvgIpc) is 3.02. The zero-order valence-corrected chi connectivity index (χ0v) is 16.9. The molecule has 0 saturated heterocycles. The maximum atomic E-state index is 14.5. The van der Waals surface area contributed by atoms with Crippen molar-refractivity contribution >= 4 is 35.1 Å². The van der Waals surface area contributed by atoms with Gasteiger partial charge in [-0.15, -0.1) is 5.10 Å². The van der Waals surface area contributed by atoms with Crippen LogP contribution >= 0.6 is 11.6 Å². The summed E-state index contributed by atoms with van der Waals surface area (Å²) in [5.74, 6) is -1.05. The van der Waals surface area contributed by atoms with Crippen LogP contribution in [-0.2, 0) is 16.6 Å². The van der Waals surface area contributed by atoms with E-state index < -0.39 is 18.0 Å². The summed E-state index contributed by atoms with van der Waals surface area (Å²) in [5.41, 5.74) is 0.548. The van der Waals surface area contributed by atoms with Gasteiger partial charge in [0.15, 0.2) is 17.3 Å². The highest BCUT2D eigenvalue weighted by molar-refractivity contribution is 6.30. The molecule has 3 aromatic rings. The van der Waals surface area contributed by atoms with E-state index in [1.54, 1.807) is 19.1 Å². The zero-order chi connectivity index (χ0) is 21.8. The summed E-state index contributed by atoms with van der Waals surface area (Å²) in [6.45, 7) is 2.93. The van der Waals surface area contributed by atoms with Crippen molar-refractivity contribution in [3.63, 3.8) is 0 Å². The highest BCUT2D eigenvalue weighted by Crippen LogP contribution is 2.28. The van der Waals surface area contributed by atoms with E-state index in [1.807, 2.05) is 0 Å². The molecule has 0 bridgehead atoms. The van der Waals surface area contributed by atoms with Crippen LogP contribution in [0.2, 0.25) is 5.15 Å². The second-order valence-electron chi connectivity index (χ2n) is 6.20. The molecule has 2 amide bonds. The van der Waals surface area contributed by atoms with E-state index in [2.05, 4.69) is 30.9 Å². The van der Waals surface area contributed by atoms with E-state index in [-0.39, 0.29) is 34.0 Å². The van der Waals surface area contributed by atoms with Gasteiger partial charge in [0.1, 0.15) is 17.0 Å². The number of pyridine rings is 2. The molecule has 30 heavy (non-hydrogen) atoms. The number of rotatable bonds is 5. The van der Waals surface area contributed by atoms with Crippen LogP contribution in [0.5, 0.6) is 0 Å². The van der Waals surface area contributed by atoms with Crippen molar-refractivity contribution in [1.82, 2.24) is 25.0 Å². The fourth-order valence-electron chi connectivity index (χ4n) is 2.59. The molecule has 3 heterocycles. The molecular weight excluding hydrogens is 417 g/mol. The smallest absolute Gasteiger partial charge is 0.413 e. The molecule has 3 rings (SSSR count). The second-order valence-corrected chi connectivity index (χ2v) is 6.56. The third kappa shape index (κ3) is 4.69. The van der Waals surface area contributed by atoms with Crippen LogP contribution in [0.3, 0.4) is 0 Å². The normalized spacial score (nSPS) is 11.6. The highest BCUT2D eigenvalue weighted by atomic mass is 35.5. The number of anilines is 2. The van der Waals surface area contributed by atoms with Crippen LogP contribution in [-0.4, -0.2) is 37.0 Å². The summed E-state index contributed by atoms with van der Waals surface area (Å²) < 4.78 is 21.1. The van der Waals surface area contributed by atoms with Crippen LogP contribution in [0.25, 0.3) is 11.4 Å². The predicted octanol–water partition coefficient (Wildman–Crippen LogP) is 3.33. The number of hydrogen-bond acceptors (Lipinski definition) is 7. The topological polar surface area (TPSA) is 124 Å². The lowest BCUT2D eigenvalue weighted by Crippen LogP contribution is -2.18. The summed E-state index contributed by atoms with van der Waals surface area (Å²) >= 11 is 6.01. The van der Waals surface area contributed by atoms with E-state index in [0.29, 0.717) is 5.56 Å². The molecule has 0 radical (unpaired) electrons. The van der Waals surface area contributed by atoms with Crippen LogP contribution in [0.1, 0.15) is 25.5 Å². The van der Waals surface area contributed by atoms with Crippen molar-refractivity contribution in [3.05, 3.63) is 47.1 Å². The van der Waals surface area contributed by atoms with Gasteiger partial charge in [0, 0.05) is 31.8 Å². The SMILES string of the molecule is CC(=O)Nc1cnc(-c2nnn(C)c2NC(=O)O[C@H](C)c2cccnc2Cl)c(F)c1. The van der Waals surface area contributed by atoms with Crippen LogP contribution in [0.4, 0.5) is 20.7 Å². The minimum absolute atomic E-state index is 0.00612. The molecule has 0 aromatic carbocycles. The number of aryl methyl sites for hydroxylation is 1. The van der Waals surface area contributed by atoms with Gasteiger partial charge in [-0.25, -0.2) is 23.8 Å². The zero-order valence-electron chi connectivity index (χ0n) is 16.2. The highest BCUT2D eigenvalue weighted by Gasteiger charge is 2.22. The lowest BCUT2D eigenvalue weighted by atomic mass is 10.2. The Hall–Kier alpha value is -3.60. The monoisotopic (exact) mass is 433 g/mol. The third-order valence-electron chi connectivity index (χ3n) is 3.94. The Kier molecular flexibility index (Phi) is 6.21. The number of hydrogen-bond donors (Lipinski definition) is 2. The van der Waals surface area contributed by atoms with Crippen molar-refractivity contribution in [2.24, 2.45) is 7.05 Å². The van der Waals surface area contributed by atoms with Gasteiger partial charge in [0.2, 0.25) is 5.91 Å². The number of carbonyl (C=O) groups excluding carboxylic acids is 2. The molecule has 0 fully saturated rings. The maximum absolute atomic E-state index is 14.5. The predicted molar refractivity (Wildman–Crippen MR) is 106 cm³/mol. The molecule has 156 valence electrons. The van der Waals surface area contributed by atoms with Gasteiger partial charge in [-0.3, -0.25) is 10.1 Å². The van der Waals surface area contributed by atoms with E-state index in [1.165, 1.54) is 31.0 Å². The number of carbonyl (C=O) groups is 2. The number of halogens is 2. The lowest BCUT2D eigenvalue weighted by molar-refractivity contribution is -0.114. The van der Waals surface area contributed by atoms with E-state index >= 15 is 0 Å². The minimum atomic E-state index is -0.829. The number of nitrogens with zero attached hydrogens (tertiary/aromatic N) is 5. The van der Waals surface area contributed by atoms with Crippen LogP contribution in [0, 0.1) is 5.82 Å². The van der Waals surface area contributed by atoms with E-state index in [4.69, 9.17) is 16.3 Å². The first-order chi connectivity index (χ1) is 14.3. The van der Waals surface area contributed by atoms with E-state index in [9.17, 15) is 14.0 Å². The Morgan fingerprint density at radius 2 is 2.03 bits per heavy atom. The molecule has 0 unspecified atom stereocenters. The Morgan fingerprint density at radius 1 is 1.27 bits per heavy atom. The molecule has 12 heteroatoms. The van der Waals surface area contributed by atoms with Crippen molar-refractivity contribution in [2.75, 3.05) is 10.6 Å². The second kappa shape index (κ2) is 8.82. The van der Waals surface area contributed by atoms with Gasteiger partial charge in [-0.2, -0.15) is 0 Å². The molecule has 1 atom stereocenters. The number of nitrogens with one attached hydrogen (secondary N) is 2. The summed E-state index contributed by atoms with van der Waals surface area (Å²) in [7, 11) is 1.51. The van der Waals surface area contributed by atoms with E-state index in [0.717, 1.165) is 6.07 Å². The van der Waals surface area contributed by atoms with Crippen LogP contribution < -0.4 is 10.6 Å². The van der Waals surface area contributed by atoms with Crippen LogP contribution in [0.15, 0.2) is 30.6 Å². The number of aromatic nitrogens is 5. The molecule has 0 spiro atoms. The summed E-state index contributed by atoms with van der Waals surface area (Å²) in [6, 6.07) is 4.44. The van der Waals surface area contributed by atoms with Crippen molar-refractivity contribution in [2.45, 2.75) is 20.0 Å². The molecule has 0 saturated carbocycles. The number of ether oxygens (including phenoxy) is 1. The fourth-order valence-corrected chi connectivity index (χ4v) is 2.87. The molecule has 2 N–H and O–H groups in total. The summed E-state index contributed by atoms with van der Waals surface area (Å²) in [6.07, 6.45) is 1.26. The van der Waals surface area contributed by atoms with Crippen molar-refractivity contribution in [3.8, 4) is 11.4 Å². The first kappa shape index (κ1) is 21.1. The van der Waals surface area contributed by atoms with Gasteiger partial charge in [-0.1, -0.05) is 22.9 Å². The van der Waals surface area contributed by atoms with Crippen molar-refractivity contribution < 1.29 is 18.7 Å². The summed E-state index contributed by atoms with van der Waals surface area (Å²) in [5, 5.41) is 12.8. The lowest BCUT2D eigenvalue weighted by Gasteiger charge is -2.15. The molecule has 0 aliphatic rings. The third-order valence-corrected chi connectivity index (χ3v) is 4.26. The van der Waals surface area contributed by atoms with Gasteiger partial charge >= 0.3 is 6.09 Å². The summed E-state index contributed by atoms with van der Waals surface area (Å²) in [4.78, 5) is 31.4.